The van der Waals surface area contributed by atoms with Gasteiger partial charge in [-0.2, -0.15) is 4.68 Å². The molecule has 2 aromatic heterocycles. The standard InChI is InChI=1S/C21H17N5O4S/c1-12(26-19(28)14-10-6-7-11-15(14)24-25-26)18(27)23-21-22-16(20(29)30-2)17(31-21)13-8-4-3-5-9-13/h3-12H,1-2H3,(H,22,23,27)/t12-/m0/s1. The maximum Gasteiger partial charge on any atom is 0.358 e. The number of aromatic nitrogens is 4. The molecule has 31 heavy (non-hydrogen) atoms. The molecule has 0 bridgehead atoms. The van der Waals surface area contributed by atoms with Crippen molar-refractivity contribution in [1.29, 1.82) is 0 Å². The highest BCUT2D eigenvalue weighted by Crippen LogP contribution is 2.33. The zero-order valence-electron chi connectivity index (χ0n) is 16.6. The van der Waals surface area contributed by atoms with Crippen molar-refractivity contribution in [2.24, 2.45) is 0 Å². The largest absolute Gasteiger partial charge is 0.464 e. The smallest absolute Gasteiger partial charge is 0.358 e. The predicted molar refractivity (Wildman–Crippen MR) is 116 cm³/mol. The summed E-state index contributed by atoms with van der Waals surface area (Å²) in [5.41, 5.74) is 0.897. The Morgan fingerprint density at radius 3 is 2.55 bits per heavy atom. The van der Waals surface area contributed by atoms with Gasteiger partial charge < -0.3 is 10.1 Å². The van der Waals surface area contributed by atoms with Gasteiger partial charge in [0.05, 0.1) is 17.4 Å². The number of benzene rings is 2. The molecule has 4 rings (SSSR count). The highest BCUT2D eigenvalue weighted by atomic mass is 32.1. The van der Waals surface area contributed by atoms with Crippen molar-refractivity contribution >= 4 is 39.2 Å². The van der Waals surface area contributed by atoms with Gasteiger partial charge in [-0.25, -0.2) is 9.78 Å². The van der Waals surface area contributed by atoms with Crippen molar-refractivity contribution in [3.8, 4) is 10.4 Å². The number of anilines is 1. The quantitative estimate of drug-likeness (QED) is 0.479. The van der Waals surface area contributed by atoms with Gasteiger partial charge in [0.1, 0.15) is 11.6 Å². The summed E-state index contributed by atoms with van der Waals surface area (Å²) in [6.45, 7) is 1.53. The molecule has 2 aromatic carbocycles. The van der Waals surface area contributed by atoms with E-state index in [0.29, 0.717) is 15.8 Å². The number of hydrogen-bond donors (Lipinski definition) is 1. The molecular formula is C21H17N5O4S. The lowest BCUT2D eigenvalue weighted by Gasteiger charge is -2.12. The normalized spacial score (nSPS) is 11.8. The number of amides is 1. The van der Waals surface area contributed by atoms with Crippen molar-refractivity contribution in [3.63, 3.8) is 0 Å². The Hall–Kier alpha value is -3.92. The zero-order valence-corrected chi connectivity index (χ0v) is 17.4. The van der Waals surface area contributed by atoms with E-state index in [-0.39, 0.29) is 10.8 Å². The molecule has 0 saturated carbocycles. The van der Waals surface area contributed by atoms with E-state index in [4.69, 9.17) is 4.74 Å². The van der Waals surface area contributed by atoms with E-state index in [0.717, 1.165) is 21.6 Å². The van der Waals surface area contributed by atoms with Crippen LogP contribution in [0.25, 0.3) is 21.3 Å². The Balaban J connectivity index is 1.64. The van der Waals surface area contributed by atoms with Gasteiger partial charge in [-0.05, 0) is 24.6 Å². The maximum absolute atomic E-state index is 12.8. The van der Waals surface area contributed by atoms with Gasteiger partial charge >= 0.3 is 5.97 Å². The summed E-state index contributed by atoms with van der Waals surface area (Å²) in [6.07, 6.45) is 0. The van der Waals surface area contributed by atoms with Crippen molar-refractivity contribution < 1.29 is 14.3 Å². The van der Waals surface area contributed by atoms with Crippen LogP contribution >= 0.6 is 11.3 Å². The number of fused-ring (bicyclic) bond motifs is 1. The Morgan fingerprint density at radius 1 is 1.10 bits per heavy atom. The van der Waals surface area contributed by atoms with Crippen LogP contribution in [0, 0.1) is 0 Å². The Labute approximate surface area is 180 Å². The molecule has 0 spiro atoms. The van der Waals surface area contributed by atoms with E-state index in [1.165, 1.54) is 14.0 Å². The average Bonchev–Trinajstić information content (AvgIpc) is 3.23. The average molecular weight is 435 g/mol. The van der Waals surface area contributed by atoms with Crippen LogP contribution in [0.15, 0.2) is 59.4 Å². The number of methoxy groups -OCH3 is 1. The van der Waals surface area contributed by atoms with Crippen LogP contribution in [0.2, 0.25) is 0 Å². The molecule has 10 heteroatoms. The number of thiazole rings is 1. The molecule has 4 aromatic rings. The van der Waals surface area contributed by atoms with Gasteiger partial charge in [-0.1, -0.05) is 59.0 Å². The monoisotopic (exact) mass is 435 g/mol. The highest BCUT2D eigenvalue weighted by molar-refractivity contribution is 7.19. The Morgan fingerprint density at radius 2 is 1.81 bits per heavy atom. The molecule has 1 atom stereocenters. The maximum atomic E-state index is 12.8. The highest BCUT2D eigenvalue weighted by Gasteiger charge is 2.24. The lowest BCUT2D eigenvalue weighted by molar-refractivity contribution is -0.119. The van der Waals surface area contributed by atoms with Crippen LogP contribution < -0.4 is 10.9 Å². The van der Waals surface area contributed by atoms with Crippen LogP contribution in [0.3, 0.4) is 0 Å². The molecule has 156 valence electrons. The molecule has 1 N–H and O–H groups in total. The second kappa shape index (κ2) is 8.44. The number of rotatable bonds is 5. The summed E-state index contributed by atoms with van der Waals surface area (Å²) in [5.74, 6) is -1.13. The third-order valence-corrected chi connectivity index (χ3v) is 5.63. The van der Waals surface area contributed by atoms with Crippen LogP contribution in [0.4, 0.5) is 5.13 Å². The van der Waals surface area contributed by atoms with Gasteiger partial charge in [0, 0.05) is 0 Å². The fourth-order valence-corrected chi connectivity index (χ4v) is 3.93. The van der Waals surface area contributed by atoms with E-state index in [9.17, 15) is 14.4 Å². The second-order valence-electron chi connectivity index (χ2n) is 6.58. The molecule has 0 aliphatic heterocycles. The lowest BCUT2D eigenvalue weighted by atomic mass is 10.1. The number of ether oxygens (including phenoxy) is 1. The van der Waals surface area contributed by atoms with Gasteiger partial charge in [0.25, 0.3) is 11.5 Å². The van der Waals surface area contributed by atoms with Gasteiger partial charge in [0.15, 0.2) is 10.8 Å². The predicted octanol–water partition coefficient (Wildman–Crippen LogP) is 2.90. The Kier molecular flexibility index (Phi) is 5.54. The molecule has 0 aliphatic carbocycles. The molecule has 0 aliphatic rings. The summed E-state index contributed by atoms with van der Waals surface area (Å²) in [7, 11) is 1.27. The molecule has 0 saturated heterocycles. The number of esters is 1. The van der Waals surface area contributed by atoms with Crippen molar-refractivity contribution in [2.75, 3.05) is 12.4 Å². The molecule has 1 amide bonds. The number of carbonyl (C=O) groups is 2. The van der Waals surface area contributed by atoms with Crippen molar-refractivity contribution in [2.45, 2.75) is 13.0 Å². The SMILES string of the molecule is COC(=O)c1nc(NC(=O)[C@H](C)n2nnc3ccccc3c2=O)sc1-c1ccccc1. The molecule has 0 fully saturated rings. The Bertz CT molecular complexity index is 1330. The van der Waals surface area contributed by atoms with Crippen molar-refractivity contribution in [3.05, 3.63) is 70.6 Å². The number of nitrogens with zero attached hydrogens (tertiary/aromatic N) is 4. The van der Waals surface area contributed by atoms with E-state index >= 15 is 0 Å². The summed E-state index contributed by atoms with van der Waals surface area (Å²) in [6, 6.07) is 15.0. The molecule has 2 heterocycles. The van der Waals surface area contributed by atoms with Crippen LogP contribution in [-0.2, 0) is 9.53 Å². The zero-order chi connectivity index (χ0) is 22.0. The summed E-state index contributed by atoms with van der Waals surface area (Å²) in [5, 5.41) is 11.1. The molecule has 0 radical (unpaired) electrons. The van der Waals surface area contributed by atoms with E-state index < -0.39 is 23.5 Å². The first-order valence-electron chi connectivity index (χ1n) is 9.29. The minimum atomic E-state index is -0.949. The topological polar surface area (TPSA) is 116 Å². The lowest BCUT2D eigenvalue weighted by Crippen LogP contribution is -2.34. The third-order valence-electron chi connectivity index (χ3n) is 4.61. The minimum Gasteiger partial charge on any atom is -0.464 e. The fourth-order valence-electron chi connectivity index (χ4n) is 2.97. The minimum absolute atomic E-state index is 0.101. The molecular weight excluding hydrogens is 418 g/mol. The first-order chi connectivity index (χ1) is 15.0. The van der Waals surface area contributed by atoms with Gasteiger partial charge in [-0.15, -0.1) is 5.10 Å². The summed E-state index contributed by atoms with van der Waals surface area (Å²) >= 11 is 1.14. The first-order valence-corrected chi connectivity index (χ1v) is 10.1. The van der Waals surface area contributed by atoms with Crippen LogP contribution in [-0.4, -0.2) is 39.0 Å². The van der Waals surface area contributed by atoms with Crippen LogP contribution in [0.5, 0.6) is 0 Å². The van der Waals surface area contributed by atoms with Gasteiger partial charge in [0.2, 0.25) is 0 Å². The fraction of sp³-hybridized carbons (Fsp3) is 0.143. The first kappa shape index (κ1) is 20.4. The molecule has 9 nitrogen and oxygen atoms in total. The summed E-state index contributed by atoms with van der Waals surface area (Å²) in [4.78, 5) is 42.5. The number of hydrogen-bond acceptors (Lipinski definition) is 8. The number of carbonyl (C=O) groups excluding carboxylic acids is 2. The van der Waals surface area contributed by atoms with Crippen LogP contribution in [0.1, 0.15) is 23.5 Å². The van der Waals surface area contributed by atoms with Crippen molar-refractivity contribution in [1.82, 2.24) is 20.0 Å². The van der Waals surface area contributed by atoms with Gasteiger partial charge in [-0.3, -0.25) is 9.59 Å². The second-order valence-corrected chi connectivity index (χ2v) is 7.57. The summed E-state index contributed by atoms with van der Waals surface area (Å²) < 4.78 is 5.84. The van der Waals surface area contributed by atoms with E-state index in [1.54, 1.807) is 24.3 Å². The number of nitrogens with one attached hydrogen (secondary N) is 1. The third kappa shape index (κ3) is 3.92. The van der Waals surface area contributed by atoms with E-state index in [1.807, 2.05) is 30.3 Å². The molecule has 0 unspecified atom stereocenters. The van der Waals surface area contributed by atoms with E-state index in [2.05, 4.69) is 20.6 Å².